The third-order valence-electron chi connectivity index (χ3n) is 4.80. The molecular weight excluding hydrogens is 390 g/mol. The number of rotatable bonds is 7. The highest BCUT2D eigenvalue weighted by atomic mass is 32.2. The highest BCUT2D eigenvalue weighted by Crippen LogP contribution is 2.19. The minimum Gasteiger partial charge on any atom is -0.450 e. The maximum atomic E-state index is 12.4. The summed E-state index contributed by atoms with van der Waals surface area (Å²) in [4.78, 5) is 25.8. The Morgan fingerprint density at radius 3 is 2.62 bits per heavy atom. The summed E-state index contributed by atoms with van der Waals surface area (Å²) in [7, 11) is 0. The number of carbonyl (C=O) groups is 2. The zero-order valence-corrected chi connectivity index (χ0v) is 17.7. The van der Waals surface area contributed by atoms with Crippen LogP contribution < -0.4 is 5.32 Å². The minimum atomic E-state index is -0.277. The van der Waals surface area contributed by atoms with Crippen LogP contribution in [0.4, 0.5) is 4.79 Å². The van der Waals surface area contributed by atoms with Crippen molar-refractivity contribution in [3.05, 3.63) is 41.7 Å². The predicted octanol–water partition coefficient (Wildman–Crippen LogP) is 2.46. The molecule has 2 heterocycles. The lowest BCUT2D eigenvalue weighted by atomic mass is 10.1. The summed E-state index contributed by atoms with van der Waals surface area (Å²) >= 11 is 1.39. The van der Waals surface area contributed by atoms with Crippen LogP contribution in [0.1, 0.15) is 31.2 Å². The monoisotopic (exact) mass is 417 g/mol. The number of ether oxygens (including phenoxy) is 1. The second-order valence-corrected chi connectivity index (χ2v) is 7.86. The largest absolute Gasteiger partial charge is 0.450 e. The number of nitrogens with zero attached hydrogens (tertiary/aromatic N) is 4. The molecule has 2 amide bonds. The number of amides is 2. The van der Waals surface area contributed by atoms with Gasteiger partial charge in [-0.2, -0.15) is 0 Å². The van der Waals surface area contributed by atoms with Crippen molar-refractivity contribution in [2.45, 2.75) is 44.4 Å². The van der Waals surface area contributed by atoms with Gasteiger partial charge in [0.05, 0.1) is 18.9 Å². The third-order valence-corrected chi connectivity index (χ3v) is 5.77. The van der Waals surface area contributed by atoms with Crippen LogP contribution in [0.5, 0.6) is 0 Å². The highest BCUT2D eigenvalue weighted by Gasteiger charge is 2.24. The van der Waals surface area contributed by atoms with Gasteiger partial charge >= 0.3 is 6.09 Å². The second-order valence-electron chi connectivity index (χ2n) is 6.92. The molecule has 1 fully saturated rings. The van der Waals surface area contributed by atoms with Gasteiger partial charge in [0.25, 0.3) is 0 Å². The number of carbonyl (C=O) groups excluding carboxylic acids is 2. The summed E-state index contributed by atoms with van der Waals surface area (Å²) < 4.78 is 7.04. The van der Waals surface area contributed by atoms with Crippen LogP contribution in [0, 0.1) is 6.92 Å². The molecule has 0 radical (unpaired) electrons. The van der Waals surface area contributed by atoms with E-state index in [2.05, 4.69) is 27.6 Å². The first-order valence-corrected chi connectivity index (χ1v) is 10.8. The van der Waals surface area contributed by atoms with Crippen molar-refractivity contribution in [1.82, 2.24) is 25.0 Å². The molecular formula is C20H27N5O3S. The molecule has 0 saturated carbocycles. The molecule has 1 saturated heterocycles. The molecule has 156 valence electrons. The number of nitrogens with one attached hydrogen (secondary N) is 1. The fourth-order valence-electron chi connectivity index (χ4n) is 3.24. The molecule has 1 aromatic heterocycles. The lowest BCUT2D eigenvalue weighted by Crippen LogP contribution is -2.47. The van der Waals surface area contributed by atoms with Gasteiger partial charge in [0.1, 0.15) is 5.82 Å². The topological polar surface area (TPSA) is 89.3 Å². The van der Waals surface area contributed by atoms with E-state index in [1.807, 2.05) is 29.7 Å². The van der Waals surface area contributed by atoms with Gasteiger partial charge in [-0.15, -0.1) is 10.2 Å². The Kier molecular flexibility index (Phi) is 7.51. The van der Waals surface area contributed by atoms with Crippen LogP contribution in [0.3, 0.4) is 0 Å². The molecule has 1 N–H and O–H groups in total. The lowest BCUT2D eigenvalue weighted by molar-refractivity contribution is -0.119. The molecule has 1 aromatic carbocycles. The quantitative estimate of drug-likeness (QED) is 0.696. The molecule has 0 atom stereocenters. The fraction of sp³-hybridized carbons (Fsp3) is 0.500. The number of piperidine rings is 1. The Hall–Kier alpha value is -2.55. The number of likely N-dealkylation sites (tertiary alicyclic amines) is 1. The van der Waals surface area contributed by atoms with Crippen LogP contribution in [0.25, 0.3) is 0 Å². The highest BCUT2D eigenvalue weighted by molar-refractivity contribution is 7.99. The van der Waals surface area contributed by atoms with Crippen molar-refractivity contribution in [3.8, 4) is 0 Å². The molecule has 3 rings (SSSR count). The zero-order valence-electron chi connectivity index (χ0n) is 16.8. The van der Waals surface area contributed by atoms with Gasteiger partial charge < -0.3 is 19.5 Å². The molecule has 9 heteroatoms. The Morgan fingerprint density at radius 1 is 1.21 bits per heavy atom. The first-order chi connectivity index (χ1) is 14.1. The molecule has 0 aliphatic carbocycles. The van der Waals surface area contributed by atoms with Gasteiger partial charge in [-0.1, -0.05) is 42.1 Å². The lowest BCUT2D eigenvalue weighted by Gasteiger charge is -2.31. The van der Waals surface area contributed by atoms with E-state index in [1.165, 1.54) is 11.8 Å². The van der Waals surface area contributed by atoms with Crippen LogP contribution in [-0.2, 0) is 16.1 Å². The van der Waals surface area contributed by atoms with Crippen molar-refractivity contribution >= 4 is 23.8 Å². The second kappa shape index (κ2) is 10.3. The van der Waals surface area contributed by atoms with Crippen molar-refractivity contribution in [2.75, 3.05) is 25.4 Å². The SMILES string of the molecule is CCOC(=O)N1CCC(NC(=O)CSc2nnc(C)n2Cc2ccccc2)CC1. The maximum absolute atomic E-state index is 12.4. The van der Waals surface area contributed by atoms with Gasteiger partial charge in [0.2, 0.25) is 5.91 Å². The average molecular weight is 418 g/mol. The normalized spacial score (nSPS) is 14.6. The van der Waals surface area contributed by atoms with E-state index < -0.39 is 0 Å². The molecule has 1 aliphatic rings. The molecule has 0 bridgehead atoms. The van der Waals surface area contributed by atoms with E-state index in [0.717, 1.165) is 29.4 Å². The molecule has 29 heavy (non-hydrogen) atoms. The minimum absolute atomic E-state index is 0.0310. The first kappa shape index (κ1) is 21.2. The van der Waals surface area contributed by atoms with Crippen molar-refractivity contribution in [2.24, 2.45) is 0 Å². The standard InChI is InChI=1S/C20H27N5O3S/c1-3-28-20(27)24-11-9-17(10-12-24)21-18(26)14-29-19-23-22-15(2)25(19)13-16-7-5-4-6-8-16/h4-8,17H,3,9-14H2,1-2H3,(H,21,26). The van der Waals surface area contributed by atoms with Crippen LogP contribution >= 0.6 is 11.8 Å². The van der Waals surface area contributed by atoms with Crippen molar-refractivity contribution < 1.29 is 14.3 Å². The number of benzene rings is 1. The molecule has 1 aliphatic heterocycles. The third kappa shape index (κ3) is 5.96. The Bertz CT molecular complexity index is 819. The number of thioether (sulfide) groups is 1. The molecule has 8 nitrogen and oxygen atoms in total. The van der Waals surface area contributed by atoms with E-state index in [0.29, 0.717) is 26.2 Å². The first-order valence-electron chi connectivity index (χ1n) is 9.84. The number of aromatic nitrogens is 3. The fourth-order valence-corrected chi connectivity index (χ4v) is 4.03. The maximum Gasteiger partial charge on any atom is 0.409 e. The Labute approximate surface area is 175 Å². The van der Waals surface area contributed by atoms with Gasteiger partial charge in [0, 0.05) is 19.1 Å². The van der Waals surface area contributed by atoms with Crippen molar-refractivity contribution in [1.29, 1.82) is 0 Å². The summed E-state index contributed by atoms with van der Waals surface area (Å²) in [6.07, 6.45) is 1.19. The summed E-state index contributed by atoms with van der Waals surface area (Å²) in [6, 6.07) is 10.2. The van der Waals surface area contributed by atoms with Gasteiger partial charge in [0.15, 0.2) is 5.16 Å². The molecule has 0 unspecified atom stereocenters. The molecule has 0 spiro atoms. The predicted molar refractivity (Wildman–Crippen MR) is 111 cm³/mol. The van der Waals surface area contributed by atoms with Gasteiger partial charge in [-0.3, -0.25) is 4.79 Å². The molecule has 2 aromatic rings. The number of aryl methyl sites for hydroxylation is 1. The Morgan fingerprint density at radius 2 is 1.93 bits per heavy atom. The van der Waals surface area contributed by atoms with Crippen LogP contribution in [0.2, 0.25) is 0 Å². The summed E-state index contributed by atoms with van der Waals surface area (Å²) in [5.74, 6) is 1.07. The van der Waals surface area contributed by atoms with E-state index in [4.69, 9.17) is 4.74 Å². The smallest absolute Gasteiger partial charge is 0.409 e. The average Bonchev–Trinajstić information content (AvgIpc) is 3.07. The van der Waals surface area contributed by atoms with Gasteiger partial charge in [-0.25, -0.2) is 4.79 Å². The van der Waals surface area contributed by atoms with E-state index in [9.17, 15) is 9.59 Å². The summed E-state index contributed by atoms with van der Waals surface area (Å²) in [5.41, 5.74) is 1.16. The van der Waals surface area contributed by atoms with E-state index >= 15 is 0 Å². The number of hydrogen-bond acceptors (Lipinski definition) is 6. The zero-order chi connectivity index (χ0) is 20.6. The summed E-state index contributed by atoms with van der Waals surface area (Å²) in [5, 5.41) is 12.2. The van der Waals surface area contributed by atoms with Crippen molar-refractivity contribution in [3.63, 3.8) is 0 Å². The summed E-state index contributed by atoms with van der Waals surface area (Å²) in [6.45, 7) is 5.96. The van der Waals surface area contributed by atoms with Crippen LogP contribution in [0.15, 0.2) is 35.5 Å². The van der Waals surface area contributed by atoms with E-state index in [-0.39, 0.29) is 23.8 Å². The number of hydrogen-bond donors (Lipinski definition) is 1. The van der Waals surface area contributed by atoms with E-state index in [1.54, 1.807) is 11.8 Å². The van der Waals surface area contributed by atoms with Crippen LogP contribution in [-0.4, -0.2) is 63.2 Å². The van der Waals surface area contributed by atoms with Gasteiger partial charge in [-0.05, 0) is 32.3 Å². The Balaban J connectivity index is 1.46.